The molecule has 3 rings (SSSR count). The lowest BCUT2D eigenvalue weighted by atomic mass is 9.88. The maximum Gasteiger partial charge on any atom is 0.417 e. The minimum atomic E-state index is -0.700. The molecule has 2 aromatic heterocycles. The number of carbonyl (C=O) groups excluding carboxylic acids is 2. The molecule has 0 aliphatic carbocycles. The number of H-pyrrole nitrogens is 1. The molecule has 150 valence electrons. The molecular weight excluding hydrogens is 361 g/mol. The molecule has 1 aliphatic rings. The van der Waals surface area contributed by atoms with Gasteiger partial charge in [-0.05, 0) is 45.2 Å². The van der Waals surface area contributed by atoms with Crippen LogP contribution in [0.25, 0.3) is 11.3 Å². The van der Waals surface area contributed by atoms with Crippen molar-refractivity contribution < 1.29 is 18.7 Å². The van der Waals surface area contributed by atoms with E-state index in [4.69, 9.17) is 4.74 Å². The van der Waals surface area contributed by atoms with E-state index in [1.54, 1.807) is 32.9 Å². The van der Waals surface area contributed by atoms with E-state index in [0.717, 1.165) is 23.2 Å². The number of nitrogens with one attached hydrogen (secondary N) is 1. The summed E-state index contributed by atoms with van der Waals surface area (Å²) in [4.78, 5) is 33.7. The second-order valence-corrected chi connectivity index (χ2v) is 8.59. The number of imide groups is 1. The van der Waals surface area contributed by atoms with Gasteiger partial charge in [-0.1, -0.05) is 13.8 Å². The number of halogens is 1. The predicted octanol–water partition coefficient (Wildman–Crippen LogP) is 4.74. The zero-order valence-corrected chi connectivity index (χ0v) is 16.9. The molecule has 0 aromatic carbocycles. The molecule has 28 heavy (non-hydrogen) atoms. The van der Waals surface area contributed by atoms with Crippen molar-refractivity contribution in [3.05, 3.63) is 41.6 Å². The van der Waals surface area contributed by atoms with Crippen molar-refractivity contribution in [1.29, 1.82) is 0 Å². The molecule has 0 bridgehead atoms. The average Bonchev–Trinajstić information content (AvgIpc) is 3.01. The van der Waals surface area contributed by atoms with Gasteiger partial charge in [0, 0.05) is 35.6 Å². The molecule has 0 spiro atoms. The van der Waals surface area contributed by atoms with E-state index in [-0.39, 0.29) is 12.5 Å². The lowest BCUT2D eigenvalue weighted by molar-refractivity contribution is 0.0213. The van der Waals surface area contributed by atoms with E-state index in [9.17, 15) is 14.0 Å². The Morgan fingerprint density at radius 3 is 2.71 bits per heavy atom. The summed E-state index contributed by atoms with van der Waals surface area (Å²) in [6.07, 6.45) is 2.75. The first-order chi connectivity index (χ1) is 13.1. The molecule has 0 fully saturated rings. The Balaban J connectivity index is 2.02. The van der Waals surface area contributed by atoms with Gasteiger partial charge in [-0.2, -0.15) is 0 Å². The summed E-state index contributed by atoms with van der Waals surface area (Å²) < 4.78 is 19.6. The van der Waals surface area contributed by atoms with Gasteiger partial charge in [0.05, 0.1) is 11.8 Å². The van der Waals surface area contributed by atoms with Crippen LogP contribution in [0.4, 0.5) is 9.18 Å². The molecular formula is C21H26FN3O3. The quantitative estimate of drug-likeness (QED) is 0.826. The first kappa shape index (κ1) is 20.0. The van der Waals surface area contributed by atoms with Gasteiger partial charge in [-0.15, -0.1) is 0 Å². The van der Waals surface area contributed by atoms with Gasteiger partial charge in [0.25, 0.3) is 5.91 Å². The number of hydrogen-bond donors (Lipinski definition) is 1. The number of aromatic nitrogens is 2. The van der Waals surface area contributed by atoms with Crippen LogP contribution in [0.2, 0.25) is 0 Å². The summed E-state index contributed by atoms with van der Waals surface area (Å²) in [6.45, 7) is 9.68. The molecule has 6 nitrogen and oxygen atoms in total. The first-order valence-corrected chi connectivity index (χ1v) is 9.44. The smallest absolute Gasteiger partial charge is 0.417 e. The number of aromatic amines is 1. The molecule has 0 radical (unpaired) electrons. The van der Waals surface area contributed by atoms with Crippen molar-refractivity contribution in [1.82, 2.24) is 14.9 Å². The van der Waals surface area contributed by atoms with Gasteiger partial charge >= 0.3 is 6.09 Å². The Kier molecular flexibility index (Phi) is 5.28. The van der Waals surface area contributed by atoms with Gasteiger partial charge < -0.3 is 9.72 Å². The Hall–Kier alpha value is -2.70. The fourth-order valence-electron chi connectivity index (χ4n) is 3.48. The van der Waals surface area contributed by atoms with Crippen molar-refractivity contribution in [3.8, 4) is 11.3 Å². The van der Waals surface area contributed by atoms with Crippen molar-refractivity contribution >= 4 is 12.0 Å². The van der Waals surface area contributed by atoms with E-state index < -0.39 is 23.4 Å². The predicted molar refractivity (Wildman–Crippen MR) is 103 cm³/mol. The summed E-state index contributed by atoms with van der Waals surface area (Å²) in [5.41, 5.74) is 1.26. The molecule has 1 unspecified atom stereocenters. The third-order valence-electron chi connectivity index (χ3n) is 4.57. The summed E-state index contributed by atoms with van der Waals surface area (Å²) in [7, 11) is 0. The number of pyridine rings is 1. The molecule has 3 heterocycles. The molecule has 1 atom stereocenters. The fraction of sp³-hybridized carbons (Fsp3) is 0.476. The first-order valence-electron chi connectivity index (χ1n) is 9.44. The maximum atomic E-state index is 14.2. The second-order valence-electron chi connectivity index (χ2n) is 8.59. The van der Waals surface area contributed by atoms with Gasteiger partial charge in [0.15, 0.2) is 5.82 Å². The van der Waals surface area contributed by atoms with Gasteiger partial charge in [0.2, 0.25) is 0 Å². The second kappa shape index (κ2) is 7.37. The number of ether oxygens (including phenoxy) is 1. The summed E-state index contributed by atoms with van der Waals surface area (Å²) >= 11 is 0. The number of fused-ring (bicyclic) bond motifs is 1. The number of rotatable bonds is 3. The van der Waals surface area contributed by atoms with Crippen LogP contribution in [-0.2, 0) is 4.74 Å². The monoisotopic (exact) mass is 387 g/mol. The number of amides is 2. The Bertz CT molecular complexity index is 899. The number of hydrogen-bond acceptors (Lipinski definition) is 4. The fourth-order valence-corrected chi connectivity index (χ4v) is 3.48. The van der Waals surface area contributed by atoms with Gasteiger partial charge in [-0.25, -0.2) is 14.1 Å². The highest BCUT2D eigenvalue weighted by Gasteiger charge is 2.38. The topological polar surface area (TPSA) is 75.3 Å². The Labute approximate surface area is 164 Å². The van der Waals surface area contributed by atoms with Gasteiger partial charge in [0.1, 0.15) is 5.60 Å². The summed E-state index contributed by atoms with van der Waals surface area (Å²) in [5.74, 6) is -0.617. The van der Waals surface area contributed by atoms with Crippen LogP contribution in [0.5, 0.6) is 0 Å². The highest BCUT2D eigenvalue weighted by atomic mass is 19.1. The van der Waals surface area contributed by atoms with Crippen molar-refractivity contribution in [2.45, 2.75) is 52.6 Å². The lowest BCUT2D eigenvalue weighted by Crippen LogP contribution is -2.46. The standard InChI is InChI=1S/C21H26FN3O3/c1-12(2)8-13-11-25(20(27)28-21(3,4)5)19(26)15-9-17(24-18(13)15)14-6-7-23-10-16(14)22/h6-7,9-10,12-13,24H,8,11H2,1-5H3. The zero-order valence-electron chi connectivity index (χ0n) is 16.9. The third kappa shape index (κ3) is 4.08. The van der Waals surface area contributed by atoms with Crippen LogP contribution in [0.1, 0.15) is 63.0 Å². The molecule has 0 saturated heterocycles. The Morgan fingerprint density at radius 2 is 2.11 bits per heavy atom. The molecule has 7 heteroatoms. The highest BCUT2D eigenvalue weighted by molar-refractivity contribution is 6.05. The van der Waals surface area contributed by atoms with E-state index >= 15 is 0 Å². The largest absolute Gasteiger partial charge is 0.443 e. The molecule has 1 aliphatic heterocycles. The van der Waals surface area contributed by atoms with Crippen LogP contribution in [0, 0.1) is 11.7 Å². The number of nitrogens with zero attached hydrogens (tertiary/aromatic N) is 2. The summed E-state index contributed by atoms with van der Waals surface area (Å²) in [6, 6.07) is 3.17. The Morgan fingerprint density at radius 1 is 1.39 bits per heavy atom. The van der Waals surface area contributed by atoms with E-state index in [0.29, 0.717) is 22.7 Å². The SMILES string of the molecule is CC(C)CC1CN(C(=O)OC(C)(C)C)C(=O)c2cc(-c3ccncc3F)[nH]c21. The van der Waals surface area contributed by atoms with E-state index in [2.05, 4.69) is 23.8 Å². The van der Waals surface area contributed by atoms with Crippen molar-refractivity contribution in [3.63, 3.8) is 0 Å². The third-order valence-corrected chi connectivity index (χ3v) is 4.57. The van der Waals surface area contributed by atoms with Crippen LogP contribution < -0.4 is 0 Å². The average molecular weight is 387 g/mol. The van der Waals surface area contributed by atoms with Gasteiger partial charge in [-0.3, -0.25) is 9.78 Å². The normalized spacial score (nSPS) is 17.0. The molecule has 2 amide bonds. The highest BCUT2D eigenvalue weighted by Crippen LogP contribution is 2.36. The van der Waals surface area contributed by atoms with Crippen molar-refractivity contribution in [2.75, 3.05) is 6.54 Å². The lowest BCUT2D eigenvalue weighted by Gasteiger charge is -2.33. The van der Waals surface area contributed by atoms with Crippen molar-refractivity contribution in [2.24, 2.45) is 5.92 Å². The van der Waals surface area contributed by atoms with E-state index in [1.807, 2.05) is 0 Å². The van der Waals surface area contributed by atoms with Crippen LogP contribution >= 0.6 is 0 Å². The minimum Gasteiger partial charge on any atom is -0.443 e. The molecule has 2 aromatic rings. The minimum absolute atomic E-state index is 0.0705. The van der Waals surface area contributed by atoms with Crippen LogP contribution in [0.15, 0.2) is 24.5 Å². The number of carbonyl (C=O) groups is 2. The summed E-state index contributed by atoms with van der Waals surface area (Å²) in [5, 5.41) is 0. The molecule has 1 N–H and O–H groups in total. The zero-order chi connectivity index (χ0) is 20.6. The van der Waals surface area contributed by atoms with E-state index in [1.165, 1.54) is 6.20 Å². The van der Waals surface area contributed by atoms with Crippen LogP contribution in [-0.4, -0.2) is 39.0 Å². The maximum absolute atomic E-state index is 14.2. The molecule has 0 saturated carbocycles. The van der Waals surface area contributed by atoms with Crippen LogP contribution in [0.3, 0.4) is 0 Å².